The summed E-state index contributed by atoms with van der Waals surface area (Å²) in [7, 11) is 0. The van der Waals surface area contributed by atoms with Gasteiger partial charge in [0, 0.05) is 0 Å². The van der Waals surface area contributed by atoms with Gasteiger partial charge in [-0.3, -0.25) is 0 Å². The van der Waals surface area contributed by atoms with Gasteiger partial charge in [-0.15, -0.1) is 0 Å². The van der Waals surface area contributed by atoms with Crippen molar-refractivity contribution in [1.29, 1.82) is 0 Å². The van der Waals surface area contributed by atoms with Crippen molar-refractivity contribution in [1.82, 2.24) is 0 Å². The van der Waals surface area contributed by atoms with Crippen LogP contribution in [0, 0.1) is 0 Å². The third-order valence-electron chi connectivity index (χ3n) is 5.57. The lowest BCUT2D eigenvalue weighted by atomic mass is 10.0. The molecule has 0 aromatic heterocycles. The smallest absolute Gasteiger partial charge is 0.147 e. The molecule has 1 saturated heterocycles. The van der Waals surface area contributed by atoms with Gasteiger partial charge in [-0.1, -0.05) is 122 Å². The summed E-state index contributed by atoms with van der Waals surface area (Å²) < 4.78 is 10.7. The molecular formula is C23H46O2. The van der Waals surface area contributed by atoms with Crippen LogP contribution in [-0.2, 0) is 9.47 Å². The van der Waals surface area contributed by atoms with Crippen molar-refractivity contribution in [3.05, 3.63) is 0 Å². The fourth-order valence-electron chi connectivity index (χ4n) is 3.81. The molecule has 0 radical (unpaired) electrons. The second kappa shape index (κ2) is 18.7. The molecule has 0 aromatic carbocycles. The molecule has 0 bridgehead atoms. The molecule has 1 unspecified atom stereocenters. The van der Waals surface area contributed by atoms with E-state index >= 15 is 0 Å². The monoisotopic (exact) mass is 354 g/mol. The van der Waals surface area contributed by atoms with Crippen LogP contribution in [0.4, 0.5) is 0 Å². The lowest BCUT2D eigenvalue weighted by molar-refractivity contribution is 0.0440. The Labute approximate surface area is 158 Å². The van der Waals surface area contributed by atoms with Crippen molar-refractivity contribution in [3.63, 3.8) is 0 Å². The maximum absolute atomic E-state index is 5.46. The lowest BCUT2D eigenvalue weighted by Gasteiger charge is -2.06. The van der Waals surface area contributed by atoms with Crippen LogP contribution < -0.4 is 0 Å². The zero-order valence-electron chi connectivity index (χ0n) is 17.2. The first-order valence-corrected chi connectivity index (χ1v) is 11.6. The molecule has 1 aliphatic heterocycles. The molecule has 0 N–H and O–H groups in total. The van der Waals surface area contributed by atoms with Gasteiger partial charge < -0.3 is 9.47 Å². The molecule has 2 nitrogen and oxygen atoms in total. The van der Waals surface area contributed by atoms with Crippen LogP contribution in [0.25, 0.3) is 0 Å². The largest absolute Gasteiger partial charge is 0.353 e. The Balaban J connectivity index is 1.63. The Morgan fingerprint density at radius 3 is 1.32 bits per heavy atom. The zero-order valence-corrected chi connectivity index (χ0v) is 17.2. The summed E-state index contributed by atoms with van der Waals surface area (Å²) in [6.45, 7) is 3.63. The highest BCUT2D eigenvalue weighted by Crippen LogP contribution is 2.16. The van der Waals surface area contributed by atoms with E-state index in [-0.39, 0.29) is 0 Å². The highest BCUT2D eigenvalue weighted by atomic mass is 16.7. The van der Waals surface area contributed by atoms with E-state index in [0.29, 0.717) is 12.9 Å². The second-order valence-electron chi connectivity index (χ2n) is 8.08. The van der Waals surface area contributed by atoms with E-state index in [1.165, 1.54) is 122 Å². The Morgan fingerprint density at radius 2 is 0.960 bits per heavy atom. The first kappa shape index (κ1) is 23.0. The third-order valence-corrected chi connectivity index (χ3v) is 5.57. The minimum absolute atomic E-state index is 0.390. The molecule has 0 aromatic rings. The second-order valence-corrected chi connectivity index (χ2v) is 8.08. The zero-order chi connectivity index (χ0) is 17.8. The molecule has 1 fully saturated rings. The average Bonchev–Trinajstić information content (AvgIpc) is 3.14. The van der Waals surface area contributed by atoms with Crippen LogP contribution in [0.1, 0.15) is 129 Å². The topological polar surface area (TPSA) is 18.5 Å². The van der Waals surface area contributed by atoms with E-state index in [4.69, 9.17) is 9.47 Å². The molecule has 0 aliphatic carbocycles. The van der Waals surface area contributed by atoms with E-state index in [1.807, 2.05) is 0 Å². The van der Waals surface area contributed by atoms with Crippen molar-refractivity contribution in [2.45, 2.75) is 135 Å². The molecule has 25 heavy (non-hydrogen) atoms. The highest BCUT2D eigenvalue weighted by Gasteiger charge is 2.14. The van der Waals surface area contributed by atoms with Gasteiger partial charge in [-0.05, 0) is 6.42 Å². The van der Waals surface area contributed by atoms with Gasteiger partial charge in [0.05, 0.1) is 12.7 Å². The molecule has 0 amide bonds. The van der Waals surface area contributed by atoms with Gasteiger partial charge >= 0.3 is 0 Å². The normalized spacial score (nSPS) is 17.4. The third kappa shape index (κ3) is 15.9. The quantitative estimate of drug-likeness (QED) is 0.220. The van der Waals surface area contributed by atoms with E-state index in [0.717, 1.165) is 6.61 Å². The van der Waals surface area contributed by atoms with Gasteiger partial charge in [0.1, 0.15) is 6.79 Å². The summed E-state index contributed by atoms with van der Waals surface area (Å²) in [4.78, 5) is 0. The number of hydrogen-bond donors (Lipinski definition) is 0. The molecule has 0 spiro atoms. The average molecular weight is 355 g/mol. The number of unbranched alkanes of at least 4 members (excludes halogenated alkanes) is 17. The standard InChI is InChI=1S/C23H46O2/c1-2-3-4-5-6-7-8-9-10-11-12-13-14-15-16-17-18-19-20-23-21-24-22-25-23/h23H,2-22H2,1H3. The van der Waals surface area contributed by atoms with Gasteiger partial charge in [-0.2, -0.15) is 0 Å². The molecule has 2 heteroatoms. The van der Waals surface area contributed by atoms with E-state index < -0.39 is 0 Å². The SMILES string of the molecule is CCCCCCCCCCCCCCCCCCCCC1COCO1. The Morgan fingerprint density at radius 1 is 0.560 bits per heavy atom. The van der Waals surface area contributed by atoms with E-state index in [9.17, 15) is 0 Å². The van der Waals surface area contributed by atoms with Crippen molar-refractivity contribution in [2.75, 3.05) is 13.4 Å². The van der Waals surface area contributed by atoms with Gasteiger partial charge in [0.2, 0.25) is 0 Å². The van der Waals surface area contributed by atoms with Gasteiger partial charge in [0.25, 0.3) is 0 Å². The van der Waals surface area contributed by atoms with Crippen molar-refractivity contribution in [3.8, 4) is 0 Å². The Bertz CT molecular complexity index is 248. The van der Waals surface area contributed by atoms with Crippen LogP contribution in [0.2, 0.25) is 0 Å². The van der Waals surface area contributed by atoms with Gasteiger partial charge in [0.15, 0.2) is 0 Å². The Kier molecular flexibility index (Phi) is 17.2. The minimum Gasteiger partial charge on any atom is -0.353 e. The number of hydrogen-bond acceptors (Lipinski definition) is 2. The lowest BCUT2D eigenvalue weighted by Crippen LogP contribution is -2.08. The van der Waals surface area contributed by atoms with Crippen molar-refractivity contribution < 1.29 is 9.47 Å². The molecular weight excluding hydrogens is 308 g/mol. The summed E-state index contributed by atoms with van der Waals surface area (Å²) in [5.41, 5.74) is 0. The molecule has 1 atom stereocenters. The molecule has 1 heterocycles. The predicted octanol–water partition coefficient (Wildman–Crippen LogP) is 7.79. The maximum Gasteiger partial charge on any atom is 0.147 e. The van der Waals surface area contributed by atoms with E-state index in [1.54, 1.807) is 0 Å². The fourth-order valence-corrected chi connectivity index (χ4v) is 3.81. The summed E-state index contributed by atoms with van der Waals surface area (Å²) in [5.74, 6) is 0. The maximum atomic E-state index is 5.46. The van der Waals surface area contributed by atoms with Crippen molar-refractivity contribution in [2.24, 2.45) is 0 Å². The first-order chi connectivity index (χ1) is 12.4. The van der Waals surface area contributed by atoms with Crippen LogP contribution >= 0.6 is 0 Å². The van der Waals surface area contributed by atoms with Crippen LogP contribution in [0.5, 0.6) is 0 Å². The van der Waals surface area contributed by atoms with Crippen molar-refractivity contribution >= 4 is 0 Å². The van der Waals surface area contributed by atoms with Crippen LogP contribution in [-0.4, -0.2) is 19.5 Å². The predicted molar refractivity (Wildman–Crippen MR) is 109 cm³/mol. The summed E-state index contributed by atoms with van der Waals surface area (Å²) in [6, 6.07) is 0. The molecule has 0 saturated carbocycles. The summed E-state index contributed by atoms with van der Waals surface area (Å²) in [5, 5.41) is 0. The molecule has 1 aliphatic rings. The molecule has 150 valence electrons. The van der Waals surface area contributed by atoms with Crippen LogP contribution in [0.3, 0.4) is 0 Å². The van der Waals surface area contributed by atoms with E-state index in [2.05, 4.69) is 6.92 Å². The fraction of sp³-hybridized carbons (Fsp3) is 1.00. The minimum atomic E-state index is 0.390. The van der Waals surface area contributed by atoms with Crippen LogP contribution in [0.15, 0.2) is 0 Å². The van der Waals surface area contributed by atoms with Gasteiger partial charge in [-0.25, -0.2) is 0 Å². The Hall–Kier alpha value is -0.0800. The first-order valence-electron chi connectivity index (χ1n) is 11.6. The summed E-state index contributed by atoms with van der Waals surface area (Å²) in [6.07, 6.45) is 27.5. The number of rotatable bonds is 19. The summed E-state index contributed by atoms with van der Waals surface area (Å²) >= 11 is 0. The molecule has 1 rings (SSSR count). The highest BCUT2D eigenvalue weighted by molar-refractivity contribution is 4.60. The number of ether oxygens (including phenoxy) is 2.